The van der Waals surface area contributed by atoms with Gasteiger partial charge in [0.1, 0.15) is 40.0 Å². The minimum absolute atomic E-state index is 0.0198. The van der Waals surface area contributed by atoms with Crippen LogP contribution in [0.4, 0.5) is 4.39 Å². The molecule has 0 aliphatic heterocycles. The van der Waals surface area contributed by atoms with Gasteiger partial charge in [0.05, 0.1) is 30.2 Å². The molecule has 17 nitrogen and oxygen atoms in total. The van der Waals surface area contributed by atoms with Gasteiger partial charge in [0.15, 0.2) is 5.78 Å². The van der Waals surface area contributed by atoms with E-state index in [9.17, 15) is 47.3 Å². The van der Waals surface area contributed by atoms with Crippen LogP contribution < -0.4 is 10.6 Å². The molecule has 76 heavy (non-hydrogen) atoms. The Balaban J connectivity index is 2.88. The SMILES string of the molecule is CC(C)(C)OC(=O)CC[C@H](CP(=O)(OCCC[C@H](NC(=O)CC[C@H](CC(=O)CCCCCNC(=O)CCCCCCC(=O)c1ccc(F)cc1)C(=O)OC(C)(C)C)C(=O)OC(C)(C)C)OC(C)(C)C)C(=O)OC(C)(C)C. The summed E-state index contributed by atoms with van der Waals surface area (Å²) in [4.78, 5) is 104. The molecule has 0 radical (unpaired) electrons. The summed E-state index contributed by atoms with van der Waals surface area (Å²) in [5, 5.41) is 5.61. The smallest absolute Gasteiger partial charge is 0.332 e. The van der Waals surface area contributed by atoms with Gasteiger partial charge in [-0.1, -0.05) is 19.3 Å². The van der Waals surface area contributed by atoms with Gasteiger partial charge < -0.3 is 38.6 Å². The van der Waals surface area contributed by atoms with E-state index in [0.717, 1.165) is 12.8 Å². The summed E-state index contributed by atoms with van der Waals surface area (Å²) in [5.74, 6) is -5.85. The highest BCUT2D eigenvalue weighted by molar-refractivity contribution is 7.53. The van der Waals surface area contributed by atoms with Crippen molar-refractivity contribution in [2.45, 2.75) is 247 Å². The van der Waals surface area contributed by atoms with Crippen LogP contribution in [0.5, 0.6) is 0 Å². The third-order valence-corrected chi connectivity index (χ3v) is 13.1. The summed E-state index contributed by atoms with van der Waals surface area (Å²) in [6.45, 7) is 25.6. The average molecular weight is 1100 g/mol. The molecule has 1 rings (SSSR count). The molecule has 0 saturated carbocycles. The minimum Gasteiger partial charge on any atom is -0.460 e. The van der Waals surface area contributed by atoms with Crippen molar-refractivity contribution in [1.29, 1.82) is 0 Å². The molecule has 0 bridgehead atoms. The van der Waals surface area contributed by atoms with Crippen LogP contribution in [0.25, 0.3) is 0 Å². The first-order valence-electron chi connectivity index (χ1n) is 27.1. The summed E-state index contributed by atoms with van der Waals surface area (Å²) < 4.78 is 61.9. The molecule has 0 heterocycles. The van der Waals surface area contributed by atoms with Gasteiger partial charge in [0, 0.05) is 50.6 Å². The van der Waals surface area contributed by atoms with Crippen molar-refractivity contribution >= 4 is 54.9 Å². The molecule has 0 aliphatic carbocycles. The van der Waals surface area contributed by atoms with Crippen LogP contribution in [0.1, 0.15) is 223 Å². The lowest BCUT2D eigenvalue weighted by Crippen LogP contribution is -2.44. The molecule has 0 aliphatic rings. The van der Waals surface area contributed by atoms with Crippen molar-refractivity contribution in [3.63, 3.8) is 0 Å². The number of unbranched alkanes of at least 4 members (excludes halogenated alkanes) is 5. The minimum atomic E-state index is -4.11. The lowest BCUT2D eigenvalue weighted by atomic mass is 9.94. The molecule has 0 aromatic heterocycles. The second kappa shape index (κ2) is 32.4. The van der Waals surface area contributed by atoms with E-state index in [-0.39, 0.29) is 81.3 Å². The zero-order valence-electron chi connectivity index (χ0n) is 48.6. The van der Waals surface area contributed by atoms with E-state index >= 15 is 0 Å². The van der Waals surface area contributed by atoms with Gasteiger partial charge in [0.2, 0.25) is 11.8 Å². The highest BCUT2D eigenvalue weighted by Gasteiger charge is 2.39. The highest BCUT2D eigenvalue weighted by Crippen LogP contribution is 2.54. The molecule has 1 aromatic rings. The van der Waals surface area contributed by atoms with Crippen LogP contribution in [-0.4, -0.2) is 101 Å². The number of benzene rings is 1. The van der Waals surface area contributed by atoms with Gasteiger partial charge in [-0.2, -0.15) is 0 Å². The zero-order chi connectivity index (χ0) is 58.1. The van der Waals surface area contributed by atoms with Gasteiger partial charge >= 0.3 is 31.5 Å². The molecule has 434 valence electrons. The lowest BCUT2D eigenvalue weighted by Gasteiger charge is -2.30. The zero-order valence-corrected chi connectivity index (χ0v) is 49.5. The molecule has 1 aromatic carbocycles. The largest absolute Gasteiger partial charge is 0.460 e. The number of amides is 2. The van der Waals surface area contributed by atoms with Gasteiger partial charge in [-0.05, 0) is 179 Å². The first-order chi connectivity index (χ1) is 34.8. The first-order valence-corrected chi connectivity index (χ1v) is 28.8. The van der Waals surface area contributed by atoms with E-state index in [1.165, 1.54) is 24.3 Å². The van der Waals surface area contributed by atoms with E-state index in [2.05, 4.69) is 10.6 Å². The Hall–Kier alpha value is -4.54. The standard InChI is InChI=1S/C57H94FN2O15P/c1-53(2,3)71-49(65)35-31-42(51(67)73-55(7,8)9)39-76(69,75-57(13,14)15)70-37-23-25-45(52(68)74-56(10,11)12)60-48(64)34-30-41(50(66)72-54(4,5)6)38-44(61)24-19-18-22-36-59-47(63)27-21-17-16-20-26-46(62)40-28-32-43(58)33-29-40/h28-29,32-33,41-42,45H,16-27,30-31,34-39H2,1-15H3,(H,59,63)(H,60,64)/t41-,42-,45+,76?/m1/s1. The predicted molar refractivity (Wildman–Crippen MR) is 289 cm³/mol. The normalized spacial score (nSPS) is 14.3. The molecule has 0 saturated heterocycles. The number of nitrogens with one attached hydrogen (secondary N) is 2. The number of carbonyl (C=O) groups excluding carboxylic acids is 8. The van der Waals surface area contributed by atoms with Crippen LogP contribution in [0.3, 0.4) is 0 Å². The number of carbonyl (C=O) groups is 8. The monoisotopic (exact) mass is 1100 g/mol. The molecule has 2 N–H and O–H groups in total. The second-order valence-corrected chi connectivity index (χ2v) is 26.5. The lowest BCUT2D eigenvalue weighted by molar-refractivity contribution is -0.162. The number of halogens is 1. The van der Waals surface area contributed by atoms with E-state index in [0.29, 0.717) is 57.1 Å². The molecular weight excluding hydrogens is 1000 g/mol. The number of hydrogen-bond acceptors (Lipinski definition) is 15. The number of Topliss-reactive ketones (excluding diaryl/α,β-unsaturated/α-hetero) is 2. The van der Waals surface area contributed by atoms with Crippen molar-refractivity contribution in [3.05, 3.63) is 35.6 Å². The fourth-order valence-electron chi connectivity index (χ4n) is 7.55. The van der Waals surface area contributed by atoms with Gasteiger partial charge in [-0.25, -0.2) is 9.18 Å². The fourth-order valence-corrected chi connectivity index (χ4v) is 9.90. The van der Waals surface area contributed by atoms with Crippen LogP contribution in [-0.2, 0) is 66.1 Å². The Kier molecular flexibility index (Phi) is 29.6. The predicted octanol–water partition coefficient (Wildman–Crippen LogP) is 11.4. The maximum absolute atomic E-state index is 14.5. The summed E-state index contributed by atoms with van der Waals surface area (Å²) in [7, 11) is -4.11. The molecule has 19 heteroatoms. The number of hydrogen-bond donors (Lipinski definition) is 2. The van der Waals surface area contributed by atoms with Crippen LogP contribution in [0, 0.1) is 17.7 Å². The van der Waals surface area contributed by atoms with E-state index < -0.39 is 89.4 Å². The van der Waals surface area contributed by atoms with E-state index in [1.807, 2.05) is 0 Å². The van der Waals surface area contributed by atoms with Crippen molar-refractivity contribution < 1.29 is 75.3 Å². The molecule has 0 spiro atoms. The number of rotatable bonds is 34. The Labute approximate surface area is 453 Å². The topological polar surface area (TPSA) is 233 Å². The van der Waals surface area contributed by atoms with Crippen molar-refractivity contribution in [1.82, 2.24) is 10.6 Å². The Morgan fingerprint density at radius 3 is 1.58 bits per heavy atom. The molecule has 0 fully saturated rings. The van der Waals surface area contributed by atoms with E-state index in [4.69, 9.17) is 28.0 Å². The van der Waals surface area contributed by atoms with Gasteiger partial charge in [0.25, 0.3) is 0 Å². The van der Waals surface area contributed by atoms with Crippen LogP contribution in [0.15, 0.2) is 24.3 Å². The maximum Gasteiger partial charge on any atom is 0.332 e. The summed E-state index contributed by atoms with van der Waals surface area (Å²) in [6, 6.07) is 4.31. The third kappa shape index (κ3) is 35.0. The van der Waals surface area contributed by atoms with Crippen LogP contribution in [0.2, 0.25) is 0 Å². The first kappa shape index (κ1) is 69.5. The van der Waals surface area contributed by atoms with Gasteiger partial charge in [-0.15, -0.1) is 0 Å². The highest BCUT2D eigenvalue weighted by atomic mass is 31.2. The third-order valence-electron chi connectivity index (χ3n) is 10.8. The number of ether oxygens (including phenoxy) is 4. The number of esters is 4. The fraction of sp³-hybridized carbons (Fsp3) is 0.754. The Morgan fingerprint density at radius 2 is 1.03 bits per heavy atom. The van der Waals surface area contributed by atoms with Crippen molar-refractivity contribution in [2.24, 2.45) is 11.8 Å². The van der Waals surface area contributed by atoms with Gasteiger partial charge in [-0.3, -0.25) is 38.1 Å². The maximum atomic E-state index is 14.5. The molecule has 1 unspecified atom stereocenters. The van der Waals surface area contributed by atoms with Crippen LogP contribution >= 0.6 is 7.60 Å². The summed E-state index contributed by atoms with van der Waals surface area (Å²) in [6.07, 6.45) is 4.76. The number of ketones is 2. The summed E-state index contributed by atoms with van der Waals surface area (Å²) >= 11 is 0. The summed E-state index contributed by atoms with van der Waals surface area (Å²) in [5.41, 5.74) is -3.92. The molecular formula is C57H94FN2O15P. The quantitative estimate of drug-likeness (QED) is 0.0215. The second-order valence-electron chi connectivity index (χ2n) is 24.5. The Morgan fingerprint density at radius 1 is 0.526 bits per heavy atom. The van der Waals surface area contributed by atoms with E-state index in [1.54, 1.807) is 104 Å². The average Bonchev–Trinajstić information content (AvgIpc) is 3.24. The molecule has 4 atom stereocenters. The molecule has 2 amide bonds. The van der Waals surface area contributed by atoms with Crippen molar-refractivity contribution in [2.75, 3.05) is 19.3 Å². The Bertz CT molecular complexity index is 2080. The van der Waals surface area contributed by atoms with Crippen molar-refractivity contribution in [3.8, 4) is 0 Å².